The van der Waals surface area contributed by atoms with E-state index < -0.39 is 41.3 Å². The first-order chi connectivity index (χ1) is 35.6. The first-order valence-electron chi connectivity index (χ1n) is 27.2. The number of esters is 1. The van der Waals surface area contributed by atoms with Gasteiger partial charge in [0, 0.05) is 87.8 Å². The van der Waals surface area contributed by atoms with Crippen LogP contribution in [0.2, 0.25) is 0 Å². The molecule has 5 aliphatic heterocycles. The number of amides is 3. The lowest BCUT2D eigenvalue weighted by atomic mass is 9.84. The van der Waals surface area contributed by atoms with Crippen molar-refractivity contribution in [3.8, 4) is 28.1 Å². The maximum Gasteiger partial charge on any atom is 0.324 e. The lowest BCUT2D eigenvalue weighted by molar-refractivity contribution is -0.155. The number of piperidine rings is 1. The van der Waals surface area contributed by atoms with Crippen LogP contribution in [0.1, 0.15) is 103 Å². The summed E-state index contributed by atoms with van der Waals surface area (Å²) in [4.78, 5) is 70.2. The second-order valence-corrected chi connectivity index (χ2v) is 22.7. The number of aromatic nitrogens is 2. The number of hydrazine groups is 1. The van der Waals surface area contributed by atoms with Gasteiger partial charge in [-0.1, -0.05) is 37.6 Å². The Balaban J connectivity index is 1.15. The average molecular weight is 1010 g/mol. The minimum Gasteiger partial charge on any atom is -0.492 e. The number of aryl methyl sites for hydroxylation is 1. The SMILES string of the molecule is CCn1c(-c2cc(N3CCN(C4CC4)CC3)cnc2[C@H](C)OC)c2c3cc(ccc31)-c1cc3cc(c1)OC[C@H]1NCCC[C@@H]1C(=O)N(C)[C@@H](C=C(C)C)C(=O)N[C@@H](C3)C(=O)N1CCC[C@H](N1)C(=O)OCC(C)(C)C2. The number of methoxy groups -OCH3 is 1. The maximum atomic E-state index is 14.9. The molecule has 6 aliphatic rings. The summed E-state index contributed by atoms with van der Waals surface area (Å²) in [5, 5.41) is 9.22. The molecule has 396 valence electrons. The molecule has 10 rings (SSSR count). The Hall–Kier alpha value is -5.81. The quantitative estimate of drug-likeness (QED) is 0.135. The molecule has 2 aromatic heterocycles. The number of pyridine rings is 1. The molecule has 16 nitrogen and oxygen atoms in total. The molecule has 7 heterocycles. The molecule has 1 aliphatic carbocycles. The maximum absolute atomic E-state index is 14.9. The van der Waals surface area contributed by atoms with E-state index in [0.29, 0.717) is 44.5 Å². The van der Waals surface area contributed by atoms with Crippen molar-refractivity contribution >= 4 is 40.3 Å². The predicted molar refractivity (Wildman–Crippen MR) is 286 cm³/mol. The predicted octanol–water partition coefficient (Wildman–Crippen LogP) is 6.58. The average Bonchev–Trinajstić information content (AvgIpc) is 4.22. The molecular formula is C58H77N9O7. The van der Waals surface area contributed by atoms with Crippen LogP contribution in [-0.2, 0) is 48.0 Å². The van der Waals surface area contributed by atoms with Gasteiger partial charge in [-0.25, -0.2) is 5.43 Å². The number of likely N-dealkylation sites (N-methyl/N-ethyl adjacent to an activating group) is 1. The zero-order valence-electron chi connectivity index (χ0n) is 44.8. The third-order valence-corrected chi connectivity index (χ3v) is 16.3. The number of anilines is 1. The summed E-state index contributed by atoms with van der Waals surface area (Å²) in [5.41, 5.74) is 12.4. The molecule has 6 atom stereocenters. The van der Waals surface area contributed by atoms with Gasteiger partial charge in [0.15, 0.2) is 0 Å². The standard InChI is InChI=1S/C58H77N9O7/c1-9-66-50-17-14-38-29-44(50)46(53(66)45-30-41(32-60-52(45)36(4)72-8)65-22-20-64(21-23-65)40-15-16-40)31-58(5,6)34-74-57(71)47-13-11-19-67(62-47)56(70)48-27-37-25-39(38)28-42(26-37)73-33-49-43(12-10-18-59-49)55(69)63(7)51(24-35(2)3)54(68)61-48/h14,17,24-26,28-30,32,36,40,43,47-49,51,59,62H,9-13,15-16,18-23,27,31,33-34H2,1-8H3,(H,61,68)/t36-,43-,47-,48-,49+,51-/m0/s1. The smallest absolute Gasteiger partial charge is 0.324 e. The van der Waals surface area contributed by atoms with Crippen LogP contribution in [0, 0.1) is 11.3 Å². The number of hydrogen-bond donors (Lipinski definition) is 3. The molecule has 74 heavy (non-hydrogen) atoms. The second kappa shape index (κ2) is 21.4. The number of hydrogen-bond acceptors (Lipinski definition) is 12. The number of piperazine rings is 1. The van der Waals surface area contributed by atoms with Gasteiger partial charge in [0.2, 0.25) is 11.8 Å². The van der Waals surface area contributed by atoms with E-state index in [0.717, 1.165) is 107 Å². The number of nitrogens with zero attached hydrogens (tertiary/aromatic N) is 6. The highest BCUT2D eigenvalue weighted by molar-refractivity contribution is 5.97. The van der Waals surface area contributed by atoms with E-state index >= 15 is 0 Å². The molecule has 16 heteroatoms. The van der Waals surface area contributed by atoms with Crippen LogP contribution < -0.4 is 25.7 Å². The minimum atomic E-state index is -1.07. The first kappa shape index (κ1) is 51.7. The molecule has 2 aromatic carbocycles. The lowest BCUT2D eigenvalue weighted by Crippen LogP contribution is -2.62. The highest BCUT2D eigenvalue weighted by atomic mass is 16.5. The molecule has 3 N–H and O–H groups in total. The Morgan fingerprint density at radius 3 is 2.46 bits per heavy atom. The van der Waals surface area contributed by atoms with Gasteiger partial charge >= 0.3 is 5.97 Å². The Kier molecular flexibility index (Phi) is 15.0. The Labute approximate surface area is 436 Å². The Morgan fingerprint density at radius 2 is 1.72 bits per heavy atom. The number of carbonyl (C=O) groups is 4. The van der Waals surface area contributed by atoms with Crippen LogP contribution in [0.15, 0.2) is 60.3 Å². The van der Waals surface area contributed by atoms with Crippen LogP contribution >= 0.6 is 0 Å². The van der Waals surface area contributed by atoms with Crippen molar-refractivity contribution in [2.24, 2.45) is 11.3 Å². The molecule has 0 spiro atoms. The van der Waals surface area contributed by atoms with E-state index in [-0.39, 0.29) is 43.6 Å². The van der Waals surface area contributed by atoms with Crippen molar-refractivity contribution in [3.05, 3.63) is 77.1 Å². The fourth-order valence-electron chi connectivity index (χ4n) is 12.1. The van der Waals surface area contributed by atoms with Crippen molar-refractivity contribution in [3.63, 3.8) is 0 Å². The van der Waals surface area contributed by atoms with Crippen LogP contribution in [-0.4, -0.2) is 145 Å². The highest BCUT2D eigenvalue weighted by Gasteiger charge is 2.40. The summed E-state index contributed by atoms with van der Waals surface area (Å²) < 4.78 is 21.5. The van der Waals surface area contributed by atoms with E-state index in [9.17, 15) is 19.2 Å². The number of carbonyl (C=O) groups excluding carboxylic acids is 4. The van der Waals surface area contributed by atoms with E-state index in [2.05, 4.69) is 88.5 Å². The van der Waals surface area contributed by atoms with Crippen LogP contribution in [0.4, 0.5) is 5.69 Å². The van der Waals surface area contributed by atoms with Gasteiger partial charge in [0.25, 0.3) is 5.91 Å². The third kappa shape index (κ3) is 10.7. The molecule has 4 fully saturated rings. The summed E-state index contributed by atoms with van der Waals surface area (Å²) >= 11 is 0. The molecular weight excluding hydrogens is 935 g/mol. The number of cyclic esters (lactones) is 1. The van der Waals surface area contributed by atoms with E-state index in [1.807, 2.05) is 32.2 Å². The number of rotatable bonds is 7. The van der Waals surface area contributed by atoms with E-state index in [1.54, 1.807) is 20.2 Å². The topological polar surface area (TPSA) is 163 Å². The van der Waals surface area contributed by atoms with Gasteiger partial charge in [0.05, 0.1) is 47.9 Å². The summed E-state index contributed by atoms with van der Waals surface area (Å²) in [6, 6.07) is 12.7. The number of allylic oxidation sites excluding steroid dienone is 1. The van der Waals surface area contributed by atoms with Crippen molar-refractivity contribution in [2.45, 2.75) is 136 Å². The molecule has 3 amide bonds. The van der Waals surface area contributed by atoms with Crippen molar-refractivity contribution in [2.75, 3.05) is 71.5 Å². The molecule has 0 radical (unpaired) electrons. The summed E-state index contributed by atoms with van der Waals surface area (Å²) in [7, 11) is 3.40. The van der Waals surface area contributed by atoms with Crippen molar-refractivity contribution < 1.29 is 33.4 Å². The number of fused-ring (bicyclic) bond motifs is 8. The minimum absolute atomic E-state index is 0.114. The third-order valence-electron chi connectivity index (χ3n) is 16.3. The summed E-state index contributed by atoms with van der Waals surface area (Å²) in [5.74, 6) is -1.29. The van der Waals surface area contributed by atoms with Crippen molar-refractivity contribution in [1.29, 1.82) is 0 Å². The van der Waals surface area contributed by atoms with Crippen molar-refractivity contribution in [1.82, 2.24) is 40.4 Å². The molecule has 4 aromatic rings. The van der Waals surface area contributed by atoms with E-state index in [4.69, 9.17) is 19.2 Å². The summed E-state index contributed by atoms with van der Waals surface area (Å²) in [6.07, 6.45) is 9.27. The second-order valence-electron chi connectivity index (χ2n) is 22.7. The van der Waals surface area contributed by atoms with Gasteiger partial charge in [-0.15, -0.1) is 0 Å². The molecule has 8 bridgehead atoms. The van der Waals surface area contributed by atoms with Gasteiger partial charge in [-0.2, -0.15) is 0 Å². The van der Waals surface area contributed by atoms with Gasteiger partial charge in [-0.3, -0.25) is 34.1 Å². The lowest BCUT2D eigenvalue weighted by Gasteiger charge is -2.38. The van der Waals surface area contributed by atoms with Gasteiger partial charge in [-0.05, 0) is 132 Å². The fraction of sp³-hybridized carbons (Fsp3) is 0.569. The Bertz CT molecular complexity index is 2810. The zero-order valence-corrected chi connectivity index (χ0v) is 44.8. The summed E-state index contributed by atoms with van der Waals surface area (Å²) in [6.45, 7) is 18.4. The van der Waals surface area contributed by atoms with Gasteiger partial charge in [0.1, 0.15) is 30.5 Å². The largest absolute Gasteiger partial charge is 0.492 e. The van der Waals surface area contributed by atoms with Crippen LogP contribution in [0.5, 0.6) is 5.75 Å². The molecule has 1 saturated carbocycles. The van der Waals surface area contributed by atoms with E-state index in [1.165, 1.54) is 22.8 Å². The number of nitrogens with one attached hydrogen (secondary N) is 3. The van der Waals surface area contributed by atoms with Gasteiger partial charge < -0.3 is 39.2 Å². The van der Waals surface area contributed by atoms with Crippen LogP contribution in [0.3, 0.4) is 0 Å². The normalized spacial score (nSPS) is 25.7. The first-order valence-corrected chi connectivity index (χ1v) is 27.2. The fourth-order valence-corrected chi connectivity index (χ4v) is 12.1. The number of benzene rings is 2. The Morgan fingerprint density at radius 1 is 0.919 bits per heavy atom. The molecule has 3 saturated heterocycles. The zero-order chi connectivity index (χ0) is 52.0. The monoisotopic (exact) mass is 1010 g/mol. The highest BCUT2D eigenvalue weighted by Crippen LogP contribution is 2.44. The molecule has 0 unspecified atom stereocenters. The number of ether oxygens (including phenoxy) is 3. The van der Waals surface area contributed by atoms with Crippen LogP contribution in [0.25, 0.3) is 33.3 Å².